The average molecular weight is 357 g/mol. The van der Waals surface area contributed by atoms with Gasteiger partial charge in [0.1, 0.15) is 6.61 Å². The molecule has 0 saturated heterocycles. The number of methoxy groups -OCH3 is 1. The summed E-state index contributed by atoms with van der Waals surface area (Å²) in [5.74, 6) is 1.33. The predicted molar refractivity (Wildman–Crippen MR) is 84.4 cm³/mol. The van der Waals surface area contributed by atoms with Crippen LogP contribution in [0.1, 0.15) is 11.1 Å². The lowest BCUT2D eigenvalue weighted by atomic mass is 10.2. The molecular weight excluding hydrogens is 342 g/mol. The normalized spacial score (nSPS) is 10.4. The van der Waals surface area contributed by atoms with Crippen LogP contribution in [-0.4, -0.2) is 7.11 Å². The molecule has 0 spiro atoms. The minimum absolute atomic E-state index is 0.361. The van der Waals surface area contributed by atoms with E-state index in [0.29, 0.717) is 29.7 Å². The first-order valence-electron chi connectivity index (χ1n) is 6.08. The van der Waals surface area contributed by atoms with Gasteiger partial charge in [-0.1, -0.05) is 45.7 Å². The van der Waals surface area contributed by atoms with E-state index in [-0.39, 0.29) is 0 Å². The number of benzene rings is 2. The smallest absolute Gasteiger partial charge is 0.166 e. The van der Waals surface area contributed by atoms with E-state index in [2.05, 4.69) is 15.9 Å². The van der Waals surface area contributed by atoms with Gasteiger partial charge in [-0.15, -0.1) is 0 Å². The van der Waals surface area contributed by atoms with Crippen LogP contribution in [0.15, 0.2) is 40.9 Å². The second kappa shape index (κ2) is 6.97. The van der Waals surface area contributed by atoms with Crippen LogP contribution in [-0.2, 0) is 13.2 Å². The Morgan fingerprint density at radius 2 is 2.00 bits per heavy atom. The van der Waals surface area contributed by atoms with Crippen molar-refractivity contribution in [2.24, 2.45) is 5.73 Å². The van der Waals surface area contributed by atoms with Crippen molar-refractivity contribution >= 4 is 27.5 Å². The Labute approximate surface area is 131 Å². The standard InChI is InChI=1S/C15H15BrClNO2/c1-19-14-4-2-3-10(8-18)15(14)20-9-11-5-6-12(16)7-13(11)17/h2-7H,8-9,18H2,1H3. The Balaban J connectivity index is 2.22. The van der Waals surface area contributed by atoms with Crippen molar-refractivity contribution in [3.05, 3.63) is 57.0 Å². The molecule has 2 N–H and O–H groups in total. The van der Waals surface area contributed by atoms with Crippen molar-refractivity contribution in [3.8, 4) is 11.5 Å². The number of halogens is 2. The number of hydrogen-bond acceptors (Lipinski definition) is 3. The summed E-state index contributed by atoms with van der Waals surface area (Å²) >= 11 is 9.55. The summed E-state index contributed by atoms with van der Waals surface area (Å²) in [4.78, 5) is 0. The fourth-order valence-electron chi connectivity index (χ4n) is 1.84. The van der Waals surface area contributed by atoms with Gasteiger partial charge in [0.2, 0.25) is 0 Å². The summed E-state index contributed by atoms with van der Waals surface area (Å²) in [6.07, 6.45) is 0. The SMILES string of the molecule is COc1cccc(CN)c1OCc1ccc(Br)cc1Cl. The molecule has 2 aromatic rings. The number of rotatable bonds is 5. The highest BCUT2D eigenvalue weighted by molar-refractivity contribution is 9.10. The number of ether oxygens (including phenoxy) is 2. The fourth-order valence-corrected chi connectivity index (χ4v) is 2.56. The summed E-state index contributed by atoms with van der Waals surface area (Å²) < 4.78 is 12.1. The van der Waals surface area contributed by atoms with Crippen molar-refractivity contribution in [2.75, 3.05) is 7.11 Å². The average Bonchev–Trinajstić information content (AvgIpc) is 2.46. The van der Waals surface area contributed by atoms with Gasteiger partial charge in [0.25, 0.3) is 0 Å². The van der Waals surface area contributed by atoms with Gasteiger partial charge in [-0.2, -0.15) is 0 Å². The molecule has 2 aromatic carbocycles. The first-order chi connectivity index (χ1) is 9.65. The van der Waals surface area contributed by atoms with Crippen molar-refractivity contribution in [2.45, 2.75) is 13.2 Å². The first-order valence-corrected chi connectivity index (χ1v) is 7.25. The second-order valence-electron chi connectivity index (χ2n) is 4.18. The largest absolute Gasteiger partial charge is 0.493 e. The van der Waals surface area contributed by atoms with E-state index >= 15 is 0 Å². The lowest BCUT2D eigenvalue weighted by molar-refractivity contribution is 0.281. The van der Waals surface area contributed by atoms with Crippen LogP contribution in [0.2, 0.25) is 5.02 Å². The molecule has 0 amide bonds. The van der Waals surface area contributed by atoms with Gasteiger partial charge in [-0.25, -0.2) is 0 Å². The van der Waals surface area contributed by atoms with Crippen LogP contribution in [0.3, 0.4) is 0 Å². The second-order valence-corrected chi connectivity index (χ2v) is 5.50. The molecule has 0 aromatic heterocycles. The summed E-state index contributed by atoms with van der Waals surface area (Å²) in [6.45, 7) is 0.750. The van der Waals surface area contributed by atoms with Gasteiger partial charge < -0.3 is 15.2 Å². The van der Waals surface area contributed by atoms with Crippen LogP contribution < -0.4 is 15.2 Å². The molecule has 0 unspecified atom stereocenters. The third kappa shape index (κ3) is 3.45. The highest BCUT2D eigenvalue weighted by atomic mass is 79.9. The van der Waals surface area contributed by atoms with Crippen molar-refractivity contribution in [3.63, 3.8) is 0 Å². The number of hydrogen-bond donors (Lipinski definition) is 1. The summed E-state index contributed by atoms with van der Waals surface area (Å²) in [6, 6.07) is 11.3. The van der Waals surface area contributed by atoms with Crippen LogP contribution in [0.25, 0.3) is 0 Å². The van der Waals surface area contributed by atoms with Crippen LogP contribution >= 0.6 is 27.5 Å². The summed E-state index contributed by atoms with van der Waals surface area (Å²) in [5.41, 5.74) is 7.53. The molecule has 0 fully saturated rings. The molecular formula is C15H15BrClNO2. The van der Waals surface area contributed by atoms with E-state index in [0.717, 1.165) is 15.6 Å². The Morgan fingerprint density at radius 1 is 1.20 bits per heavy atom. The summed E-state index contributed by atoms with van der Waals surface area (Å²) in [5, 5.41) is 0.656. The molecule has 0 saturated carbocycles. The van der Waals surface area contributed by atoms with Gasteiger partial charge >= 0.3 is 0 Å². The third-order valence-corrected chi connectivity index (χ3v) is 3.73. The molecule has 2 rings (SSSR count). The molecule has 0 aliphatic heterocycles. The topological polar surface area (TPSA) is 44.5 Å². The van der Waals surface area contributed by atoms with Gasteiger partial charge in [0.05, 0.1) is 7.11 Å². The first kappa shape index (κ1) is 15.2. The zero-order valence-corrected chi connectivity index (χ0v) is 13.4. The Hall–Kier alpha value is -1.23. The quantitative estimate of drug-likeness (QED) is 0.875. The molecule has 0 aliphatic carbocycles. The van der Waals surface area contributed by atoms with Gasteiger partial charge in [-0.3, -0.25) is 0 Å². The Kier molecular flexibility index (Phi) is 5.29. The minimum atomic E-state index is 0.361. The fraction of sp³-hybridized carbons (Fsp3) is 0.200. The molecule has 106 valence electrons. The molecule has 0 heterocycles. The lowest BCUT2D eigenvalue weighted by Crippen LogP contribution is -2.04. The maximum absolute atomic E-state index is 6.18. The van der Waals surface area contributed by atoms with Gasteiger partial charge in [0, 0.05) is 27.2 Å². The highest BCUT2D eigenvalue weighted by Crippen LogP contribution is 2.32. The van der Waals surface area contributed by atoms with E-state index in [1.54, 1.807) is 7.11 Å². The Morgan fingerprint density at radius 3 is 2.65 bits per heavy atom. The van der Waals surface area contributed by atoms with E-state index in [1.807, 2.05) is 36.4 Å². The highest BCUT2D eigenvalue weighted by Gasteiger charge is 2.10. The van der Waals surface area contributed by atoms with Crippen LogP contribution in [0.4, 0.5) is 0 Å². The zero-order valence-electron chi connectivity index (χ0n) is 11.0. The minimum Gasteiger partial charge on any atom is -0.493 e. The monoisotopic (exact) mass is 355 g/mol. The van der Waals surface area contributed by atoms with E-state index < -0.39 is 0 Å². The number of nitrogens with two attached hydrogens (primary N) is 1. The molecule has 0 radical (unpaired) electrons. The van der Waals surface area contributed by atoms with Gasteiger partial charge in [0.15, 0.2) is 11.5 Å². The predicted octanol–water partition coefficient (Wildman–Crippen LogP) is 4.15. The number of para-hydroxylation sites is 1. The van der Waals surface area contributed by atoms with Crippen LogP contribution in [0.5, 0.6) is 11.5 Å². The van der Waals surface area contributed by atoms with Crippen molar-refractivity contribution < 1.29 is 9.47 Å². The van der Waals surface area contributed by atoms with Gasteiger partial charge in [-0.05, 0) is 18.2 Å². The molecule has 3 nitrogen and oxygen atoms in total. The van der Waals surface area contributed by atoms with E-state index in [1.165, 1.54) is 0 Å². The third-order valence-electron chi connectivity index (χ3n) is 2.89. The maximum Gasteiger partial charge on any atom is 0.166 e. The molecule has 0 aliphatic rings. The molecule has 5 heteroatoms. The maximum atomic E-state index is 6.18. The molecule has 20 heavy (non-hydrogen) atoms. The van der Waals surface area contributed by atoms with E-state index in [4.69, 9.17) is 26.8 Å². The zero-order chi connectivity index (χ0) is 14.5. The van der Waals surface area contributed by atoms with E-state index in [9.17, 15) is 0 Å². The molecule has 0 atom stereocenters. The molecule has 0 bridgehead atoms. The lowest BCUT2D eigenvalue weighted by Gasteiger charge is -2.14. The Bertz CT molecular complexity index is 582. The van der Waals surface area contributed by atoms with Crippen LogP contribution in [0, 0.1) is 0 Å². The van der Waals surface area contributed by atoms with Crippen molar-refractivity contribution in [1.82, 2.24) is 0 Å². The van der Waals surface area contributed by atoms with Crippen molar-refractivity contribution in [1.29, 1.82) is 0 Å². The summed E-state index contributed by atoms with van der Waals surface area (Å²) in [7, 11) is 1.61.